The molecule has 1 spiro atoms. The lowest BCUT2D eigenvalue weighted by atomic mass is 10.0. The summed E-state index contributed by atoms with van der Waals surface area (Å²) >= 11 is 0. The van der Waals surface area contributed by atoms with Crippen molar-refractivity contribution in [2.45, 2.75) is 31.7 Å². The zero-order valence-corrected chi connectivity index (χ0v) is 16.5. The number of hydrogen-bond acceptors (Lipinski definition) is 5. The zero-order valence-electron chi connectivity index (χ0n) is 16.5. The lowest BCUT2D eigenvalue weighted by Gasteiger charge is -2.35. The van der Waals surface area contributed by atoms with Gasteiger partial charge in [0.2, 0.25) is 6.79 Å². The minimum atomic E-state index is -0.244. The molecule has 0 saturated carbocycles. The summed E-state index contributed by atoms with van der Waals surface area (Å²) in [7, 11) is 0. The molecule has 3 aliphatic heterocycles. The lowest BCUT2D eigenvalue weighted by Crippen LogP contribution is -2.44. The summed E-state index contributed by atoms with van der Waals surface area (Å²) in [6.07, 6.45) is 2.78. The van der Waals surface area contributed by atoms with Crippen LogP contribution in [0.4, 0.5) is 4.39 Å². The fraction of sp³-hybridized carbons (Fsp3) is 0.348. The number of rotatable bonds is 3. The van der Waals surface area contributed by atoms with Crippen molar-refractivity contribution >= 4 is 0 Å². The van der Waals surface area contributed by atoms with Crippen molar-refractivity contribution in [3.05, 3.63) is 65.9 Å². The number of fused-ring (bicyclic) bond motifs is 2. The summed E-state index contributed by atoms with van der Waals surface area (Å²) in [6, 6.07) is 12.8. The smallest absolute Gasteiger partial charge is 0.231 e. The molecule has 1 atom stereocenters. The number of benzene rings is 2. The third-order valence-electron chi connectivity index (χ3n) is 6.25. The van der Waals surface area contributed by atoms with Crippen LogP contribution in [0.1, 0.15) is 17.8 Å². The molecule has 1 unspecified atom stereocenters. The van der Waals surface area contributed by atoms with Gasteiger partial charge in [-0.1, -0.05) is 18.2 Å². The Morgan fingerprint density at radius 3 is 2.93 bits per heavy atom. The molecule has 154 valence electrons. The fourth-order valence-electron chi connectivity index (χ4n) is 4.74. The first-order chi connectivity index (χ1) is 14.7. The van der Waals surface area contributed by atoms with E-state index in [-0.39, 0.29) is 11.4 Å². The van der Waals surface area contributed by atoms with Crippen LogP contribution >= 0.6 is 0 Å². The Kier molecular flexibility index (Phi) is 4.07. The quantitative estimate of drug-likeness (QED) is 0.664. The number of nitrogens with zero attached hydrogens (tertiary/aromatic N) is 3. The monoisotopic (exact) mass is 407 g/mol. The van der Waals surface area contributed by atoms with Crippen LogP contribution in [0.5, 0.6) is 11.5 Å². The SMILES string of the molecule is Fc1cccc(-c2cnc3n2CC2(CCN(Cc4ccc5c(c4)OCO5)C2)OC3)c1. The number of halogens is 1. The third-order valence-corrected chi connectivity index (χ3v) is 6.25. The van der Waals surface area contributed by atoms with Gasteiger partial charge in [0.1, 0.15) is 23.8 Å². The van der Waals surface area contributed by atoms with Crippen LogP contribution in [-0.4, -0.2) is 39.9 Å². The Balaban J connectivity index is 1.21. The van der Waals surface area contributed by atoms with Gasteiger partial charge in [0.05, 0.1) is 18.4 Å². The van der Waals surface area contributed by atoms with Crippen molar-refractivity contribution in [3.63, 3.8) is 0 Å². The second-order valence-corrected chi connectivity index (χ2v) is 8.28. The molecular weight excluding hydrogens is 385 g/mol. The average molecular weight is 407 g/mol. The Labute approximate surface area is 173 Å². The Hall–Kier alpha value is -2.90. The second kappa shape index (κ2) is 6.82. The van der Waals surface area contributed by atoms with Crippen LogP contribution in [0.25, 0.3) is 11.3 Å². The molecule has 6 rings (SSSR count). The van der Waals surface area contributed by atoms with Gasteiger partial charge >= 0.3 is 0 Å². The largest absolute Gasteiger partial charge is 0.454 e. The number of hydrogen-bond donors (Lipinski definition) is 0. The van der Waals surface area contributed by atoms with Crippen LogP contribution in [0.3, 0.4) is 0 Å². The Bertz CT molecular complexity index is 1110. The molecule has 6 nitrogen and oxygen atoms in total. The predicted octanol–water partition coefficient (Wildman–Crippen LogP) is 3.59. The molecular formula is C23H22FN3O3. The molecule has 1 aromatic heterocycles. The van der Waals surface area contributed by atoms with Crippen LogP contribution < -0.4 is 9.47 Å². The van der Waals surface area contributed by atoms with Crippen molar-refractivity contribution in [2.24, 2.45) is 0 Å². The molecule has 0 bridgehead atoms. The first-order valence-corrected chi connectivity index (χ1v) is 10.2. The lowest BCUT2D eigenvalue weighted by molar-refractivity contribution is -0.0821. The summed E-state index contributed by atoms with van der Waals surface area (Å²) < 4.78 is 33.2. The molecule has 1 fully saturated rings. The first kappa shape index (κ1) is 17.9. The highest BCUT2D eigenvalue weighted by molar-refractivity contribution is 5.59. The van der Waals surface area contributed by atoms with E-state index in [9.17, 15) is 4.39 Å². The molecule has 0 radical (unpaired) electrons. The van der Waals surface area contributed by atoms with Crippen molar-refractivity contribution in [2.75, 3.05) is 19.9 Å². The van der Waals surface area contributed by atoms with Gasteiger partial charge < -0.3 is 18.8 Å². The van der Waals surface area contributed by atoms with E-state index in [1.807, 2.05) is 18.3 Å². The van der Waals surface area contributed by atoms with Gasteiger partial charge in [-0.25, -0.2) is 9.37 Å². The minimum Gasteiger partial charge on any atom is -0.454 e. The fourth-order valence-corrected chi connectivity index (χ4v) is 4.74. The topological polar surface area (TPSA) is 48.8 Å². The van der Waals surface area contributed by atoms with E-state index in [4.69, 9.17) is 14.2 Å². The molecule has 3 aromatic rings. The number of ether oxygens (including phenoxy) is 3. The molecule has 4 heterocycles. The van der Waals surface area contributed by atoms with Crippen LogP contribution in [0.15, 0.2) is 48.7 Å². The number of imidazole rings is 1. The highest BCUT2D eigenvalue weighted by Gasteiger charge is 2.43. The van der Waals surface area contributed by atoms with Gasteiger partial charge in [0.15, 0.2) is 11.5 Å². The minimum absolute atomic E-state index is 0.236. The van der Waals surface area contributed by atoms with Crippen LogP contribution in [0.2, 0.25) is 0 Å². The van der Waals surface area contributed by atoms with E-state index < -0.39 is 0 Å². The van der Waals surface area contributed by atoms with Gasteiger partial charge in [-0.3, -0.25) is 4.90 Å². The van der Waals surface area contributed by atoms with E-state index in [0.717, 1.165) is 61.2 Å². The molecule has 0 aliphatic carbocycles. The van der Waals surface area contributed by atoms with Gasteiger partial charge in [-0.2, -0.15) is 0 Å². The summed E-state index contributed by atoms with van der Waals surface area (Å²) in [5.41, 5.74) is 2.75. The summed E-state index contributed by atoms with van der Waals surface area (Å²) in [5.74, 6) is 2.29. The maximum absolute atomic E-state index is 13.7. The van der Waals surface area contributed by atoms with E-state index in [0.29, 0.717) is 13.4 Å². The van der Waals surface area contributed by atoms with E-state index in [1.54, 1.807) is 12.1 Å². The Morgan fingerprint density at radius 1 is 1.07 bits per heavy atom. The first-order valence-electron chi connectivity index (χ1n) is 10.2. The zero-order chi connectivity index (χ0) is 20.1. The van der Waals surface area contributed by atoms with Crippen molar-refractivity contribution < 1.29 is 18.6 Å². The average Bonchev–Trinajstić information content (AvgIpc) is 3.47. The summed E-state index contributed by atoms with van der Waals surface area (Å²) in [5, 5.41) is 0. The van der Waals surface area contributed by atoms with Crippen molar-refractivity contribution in [1.29, 1.82) is 0 Å². The highest BCUT2D eigenvalue weighted by Crippen LogP contribution is 2.37. The third kappa shape index (κ3) is 3.05. The predicted molar refractivity (Wildman–Crippen MR) is 108 cm³/mol. The van der Waals surface area contributed by atoms with E-state index >= 15 is 0 Å². The van der Waals surface area contributed by atoms with Gasteiger partial charge in [-0.05, 0) is 36.2 Å². The maximum atomic E-state index is 13.7. The molecule has 2 aromatic carbocycles. The molecule has 1 saturated heterocycles. The number of aromatic nitrogens is 2. The number of likely N-dealkylation sites (tertiary alicyclic amines) is 1. The second-order valence-electron chi connectivity index (χ2n) is 8.28. The molecule has 0 N–H and O–H groups in total. The molecule has 3 aliphatic rings. The highest BCUT2D eigenvalue weighted by atomic mass is 19.1. The van der Waals surface area contributed by atoms with E-state index in [1.165, 1.54) is 11.6 Å². The summed E-state index contributed by atoms with van der Waals surface area (Å²) in [4.78, 5) is 6.93. The van der Waals surface area contributed by atoms with Crippen molar-refractivity contribution in [3.8, 4) is 22.8 Å². The van der Waals surface area contributed by atoms with Gasteiger partial charge in [0, 0.05) is 25.2 Å². The van der Waals surface area contributed by atoms with Gasteiger partial charge in [-0.15, -0.1) is 0 Å². The summed E-state index contributed by atoms with van der Waals surface area (Å²) in [6.45, 7) is 4.16. The molecule has 30 heavy (non-hydrogen) atoms. The maximum Gasteiger partial charge on any atom is 0.231 e. The standard InChI is InChI=1S/C23H22FN3O3/c24-18-3-1-2-17(9-18)19-10-25-22-12-30-23(14-27(19)22)6-7-26(13-23)11-16-4-5-20-21(8-16)29-15-28-20/h1-5,8-10H,6-7,11-15H2. The molecule has 0 amide bonds. The molecule has 7 heteroatoms. The van der Waals surface area contributed by atoms with E-state index in [2.05, 4.69) is 26.6 Å². The van der Waals surface area contributed by atoms with Gasteiger partial charge in [0.25, 0.3) is 0 Å². The normalized spacial score (nSPS) is 22.6. The van der Waals surface area contributed by atoms with Crippen LogP contribution in [-0.2, 0) is 24.4 Å². The Morgan fingerprint density at radius 2 is 2.00 bits per heavy atom. The van der Waals surface area contributed by atoms with Crippen LogP contribution in [0, 0.1) is 5.82 Å². The van der Waals surface area contributed by atoms with Crippen molar-refractivity contribution in [1.82, 2.24) is 14.5 Å².